The Morgan fingerprint density at radius 1 is 0.542 bits per heavy atom. The second-order valence-electron chi connectivity index (χ2n) is 18.4. The van der Waals surface area contributed by atoms with Crippen molar-refractivity contribution in [3.8, 4) is 51.0 Å². The quantitative estimate of drug-likeness (QED) is 0.108. The predicted molar refractivity (Wildman–Crippen MR) is 305 cm³/mol. The second kappa shape index (κ2) is 24.4. The summed E-state index contributed by atoms with van der Waals surface area (Å²) in [6, 6.07) is 52.5. The first kappa shape index (κ1) is 52.0. The largest absolute Gasteiger partial charge is 0.508 e. The summed E-state index contributed by atoms with van der Waals surface area (Å²) in [5.74, 6) is 1.26. The van der Waals surface area contributed by atoms with E-state index in [0.717, 1.165) is 67.2 Å². The summed E-state index contributed by atoms with van der Waals surface area (Å²) in [5.41, 5.74) is 15.7. The first-order valence-electron chi connectivity index (χ1n) is 24.2. The van der Waals surface area contributed by atoms with E-state index < -0.39 is 0 Å². The summed E-state index contributed by atoms with van der Waals surface area (Å²) in [7, 11) is 0. The van der Waals surface area contributed by atoms with Crippen molar-refractivity contribution in [2.24, 2.45) is 0 Å². The highest BCUT2D eigenvalue weighted by atomic mass is 35.5. The highest BCUT2D eigenvalue weighted by Gasteiger charge is 2.19. The van der Waals surface area contributed by atoms with Gasteiger partial charge in [-0.05, 0) is 161 Å². The minimum atomic E-state index is 0.176. The number of aryl methyl sites for hydroxylation is 4. The number of hydrogen-bond acceptors (Lipinski definition) is 4. The fourth-order valence-electron chi connectivity index (χ4n) is 9.05. The molecule has 7 nitrogen and oxygen atoms in total. The Bertz CT molecular complexity index is 3350. The van der Waals surface area contributed by atoms with Gasteiger partial charge in [0.25, 0.3) is 0 Å². The number of nitrogens with zero attached hydrogens (tertiary/aromatic N) is 2. The van der Waals surface area contributed by atoms with Gasteiger partial charge in [0, 0.05) is 46.0 Å². The van der Waals surface area contributed by atoms with Crippen LogP contribution in [-0.4, -0.2) is 61.2 Å². The number of rotatable bonds is 9. The van der Waals surface area contributed by atoms with E-state index in [4.69, 9.17) is 51.1 Å². The number of ether oxygens (including phenoxy) is 1. The third-order valence-corrected chi connectivity index (χ3v) is 13.7. The molecule has 0 amide bonds. The number of likely N-dealkylation sites (tertiary alicyclic amines) is 1. The number of halogens is 4. The molecule has 1 aliphatic heterocycles. The van der Waals surface area contributed by atoms with Crippen LogP contribution >= 0.6 is 46.4 Å². The lowest BCUT2D eigenvalue weighted by Gasteiger charge is -2.26. The molecule has 7 aromatic carbocycles. The van der Waals surface area contributed by atoms with Gasteiger partial charge in [0.15, 0.2) is 0 Å². The van der Waals surface area contributed by atoms with Gasteiger partial charge in [-0.15, -0.1) is 23.2 Å². The SMILES string of the molecule is Cc1ccc(-c2[nH]c3ccc(C)cc3c2Cl)cc1.Cc1ccc(-c2cc3cc(C)ccc3[nH]2)cc1.ClCCl.Oc1ccc(-c2c(Cl)c3cc(O)ccc3n2Cc2ccc(OCCN3CCCCC3)cc2)cc1. The van der Waals surface area contributed by atoms with Gasteiger partial charge in [-0.1, -0.05) is 125 Å². The minimum absolute atomic E-state index is 0.176. The summed E-state index contributed by atoms with van der Waals surface area (Å²) in [6.45, 7) is 13.0. The fourth-order valence-corrected chi connectivity index (χ4v) is 9.72. The number of piperidine rings is 1. The van der Waals surface area contributed by atoms with Gasteiger partial charge >= 0.3 is 0 Å². The Labute approximate surface area is 442 Å². The number of benzene rings is 7. The Hall–Kier alpha value is -6.32. The van der Waals surface area contributed by atoms with Crippen LogP contribution in [0, 0.1) is 27.7 Å². The number of phenols is 2. The third kappa shape index (κ3) is 13.0. The normalized spacial score (nSPS) is 12.4. The highest BCUT2D eigenvalue weighted by molar-refractivity contribution is 6.40. The molecule has 1 fully saturated rings. The van der Waals surface area contributed by atoms with Crippen LogP contribution in [0.5, 0.6) is 17.2 Å². The van der Waals surface area contributed by atoms with Crippen LogP contribution in [-0.2, 0) is 6.54 Å². The van der Waals surface area contributed by atoms with E-state index >= 15 is 0 Å². The number of nitrogens with one attached hydrogen (secondary N) is 2. The van der Waals surface area contributed by atoms with E-state index in [9.17, 15) is 10.2 Å². The maximum absolute atomic E-state index is 10.0. The molecular formula is C61H60Cl4N4O3. The van der Waals surface area contributed by atoms with Crippen molar-refractivity contribution in [1.82, 2.24) is 19.4 Å². The second-order valence-corrected chi connectivity index (χ2v) is 19.9. The lowest BCUT2D eigenvalue weighted by atomic mass is 10.1. The van der Waals surface area contributed by atoms with Crippen LogP contribution in [0.1, 0.15) is 47.1 Å². The topological polar surface area (TPSA) is 89.4 Å². The standard InChI is InChI=1S/C28H29ClN2O3.C16H14ClN.C16H15N.CH2Cl2/c29-27-25-18-23(33)10-13-26(25)31(28(27)21-6-8-22(32)9-7-21)19-20-4-11-24(12-5-20)34-17-16-30-14-2-1-3-15-30;1-10-3-6-12(7-4-10)16-15(17)13-9-11(2)5-8-14(13)18-16;1-11-3-6-13(7-4-11)16-10-14-9-12(2)5-8-15(14)17-16;2-1-3/h4-13,18,32-33H,1-3,14-17,19H2;3-9,18H,1-2H3;3-10,17H,1-2H3;1H2. The Morgan fingerprint density at radius 3 is 1.79 bits per heavy atom. The third-order valence-electron chi connectivity index (χ3n) is 12.9. The van der Waals surface area contributed by atoms with Gasteiger partial charge in [0.05, 0.1) is 32.3 Å². The molecule has 0 unspecified atom stereocenters. The molecule has 3 aromatic heterocycles. The molecule has 0 atom stereocenters. The van der Waals surface area contributed by atoms with Crippen molar-refractivity contribution >= 4 is 79.1 Å². The number of hydrogen-bond donors (Lipinski definition) is 4. The molecule has 0 spiro atoms. The Kier molecular flexibility index (Phi) is 17.6. The molecule has 0 saturated carbocycles. The van der Waals surface area contributed by atoms with Gasteiger partial charge in [-0.2, -0.15) is 0 Å². The first-order valence-corrected chi connectivity index (χ1v) is 26.1. The lowest BCUT2D eigenvalue weighted by molar-refractivity contribution is 0.183. The number of aromatic amines is 2. The van der Waals surface area contributed by atoms with E-state index in [-0.39, 0.29) is 16.8 Å². The number of aromatic hydroxyl groups is 2. The minimum Gasteiger partial charge on any atom is -0.508 e. The molecule has 11 heteroatoms. The smallest absolute Gasteiger partial charge is 0.119 e. The van der Waals surface area contributed by atoms with Gasteiger partial charge in [0.1, 0.15) is 23.9 Å². The molecule has 4 heterocycles. The van der Waals surface area contributed by atoms with E-state index in [2.05, 4.69) is 150 Å². The van der Waals surface area contributed by atoms with Crippen molar-refractivity contribution in [3.05, 3.63) is 196 Å². The first-order chi connectivity index (χ1) is 34.9. The van der Waals surface area contributed by atoms with Crippen molar-refractivity contribution in [2.45, 2.75) is 53.5 Å². The summed E-state index contributed by atoms with van der Waals surface area (Å²) >= 11 is 22.8. The molecule has 1 saturated heterocycles. The number of phenolic OH excluding ortho intramolecular Hbond substituents is 2. The van der Waals surface area contributed by atoms with E-state index in [1.165, 1.54) is 76.8 Å². The molecule has 370 valence electrons. The van der Waals surface area contributed by atoms with Crippen molar-refractivity contribution in [1.29, 1.82) is 0 Å². The van der Waals surface area contributed by atoms with E-state index in [0.29, 0.717) is 18.2 Å². The van der Waals surface area contributed by atoms with Crippen LogP contribution in [0.25, 0.3) is 66.5 Å². The number of fused-ring (bicyclic) bond motifs is 3. The molecule has 1 aliphatic rings. The van der Waals surface area contributed by atoms with E-state index in [1.54, 1.807) is 24.3 Å². The molecule has 4 N–H and O–H groups in total. The number of alkyl halides is 2. The monoisotopic (exact) mass is 1040 g/mol. The maximum atomic E-state index is 10.0. The average Bonchev–Trinajstić information content (AvgIpc) is 4.04. The number of H-pyrrole nitrogens is 2. The van der Waals surface area contributed by atoms with Gasteiger partial charge in [-0.3, -0.25) is 4.90 Å². The van der Waals surface area contributed by atoms with Gasteiger partial charge in [-0.25, -0.2) is 0 Å². The summed E-state index contributed by atoms with van der Waals surface area (Å²) < 4.78 is 8.13. The summed E-state index contributed by atoms with van der Waals surface area (Å²) in [4.78, 5) is 9.33. The van der Waals surface area contributed by atoms with Gasteiger partial charge < -0.3 is 29.5 Å². The maximum Gasteiger partial charge on any atom is 0.119 e. The predicted octanol–water partition coefficient (Wildman–Crippen LogP) is 17.3. The van der Waals surface area contributed by atoms with Crippen LogP contribution < -0.4 is 4.74 Å². The zero-order valence-corrected chi connectivity index (χ0v) is 44.1. The zero-order valence-electron chi connectivity index (χ0n) is 41.1. The molecule has 0 aliphatic carbocycles. The molecule has 0 radical (unpaired) electrons. The fraction of sp³-hybridized carbons (Fsp3) is 0.213. The Morgan fingerprint density at radius 2 is 1.12 bits per heavy atom. The highest BCUT2D eigenvalue weighted by Crippen LogP contribution is 2.40. The van der Waals surface area contributed by atoms with Crippen LogP contribution in [0.4, 0.5) is 0 Å². The molecular weight excluding hydrogens is 979 g/mol. The van der Waals surface area contributed by atoms with Gasteiger partial charge in [0.2, 0.25) is 0 Å². The zero-order chi connectivity index (χ0) is 50.7. The summed E-state index contributed by atoms with van der Waals surface area (Å²) in [6.07, 6.45) is 3.92. The van der Waals surface area contributed by atoms with Crippen molar-refractivity contribution in [2.75, 3.05) is 31.6 Å². The van der Waals surface area contributed by atoms with Crippen LogP contribution in [0.2, 0.25) is 10.0 Å². The molecule has 10 aromatic rings. The van der Waals surface area contributed by atoms with Crippen LogP contribution in [0.15, 0.2) is 158 Å². The Balaban J connectivity index is 0.000000153. The average molecular weight is 1040 g/mol. The molecule has 0 bridgehead atoms. The summed E-state index contributed by atoms with van der Waals surface area (Å²) in [5, 5.41) is 24.5. The molecule has 11 rings (SSSR count). The van der Waals surface area contributed by atoms with Crippen molar-refractivity contribution < 1.29 is 14.9 Å². The van der Waals surface area contributed by atoms with Crippen molar-refractivity contribution in [3.63, 3.8) is 0 Å². The van der Waals surface area contributed by atoms with E-state index in [1.807, 2.05) is 30.3 Å². The lowest BCUT2D eigenvalue weighted by Crippen LogP contribution is -2.33. The molecule has 72 heavy (non-hydrogen) atoms. The van der Waals surface area contributed by atoms with Crippen LogP contribution in [0.3, 0.4) is 0 Å². The number of aromatic nitrogens is 3.